The number of carbonyl (C=O) groups is 2. The Hall–Kier alpha value is -3.07. The molecule has 1 saturated heterocycles. The summed E-state index contributed by atoms with van der Waals surface area (Å²) < 4.78 is 1.33. The van der Waals surface area contributed by atoms with Crippen molar-refractivity contribution in [1.29, 1.82) is 0 Å². The first-order valence-corrected chi connectivity index (χ1v) is 13.0. The average molecular weight is 518 g/mol. The Labute approximate surface area is 216 Å². The molecule has 0 saturated carbocycles. The minimum absolute atomic E-state index is 0.000729. The zero-order valence-electron chi connectivity index (χ0n) is 21.3. The van der Waals surface area contributed by atoms with Crippen molar-refractivity contribution in [2.24, 2.45) is 11.8 Å². The first-order chi connectivity index (χ1) is 17.1. The maximum Gasteiger partial charge on any atom is 0.330 e. The molecule has 196 valence electrons. The summed E-state index contributed by atoms with van der Waals surface area (Å²) in [6, 6.07) is 6.67. The van der Waals surface area contributed by atoms with Gasteiger partial charge in [-0.25, -0.2) is 4.79 Å². The molecule has 2 heterocycles. The molecule has 0 radical (unpaired) electrons. The lowest BCUT2D eigenvalue weighted by Crippen LogP contribution is -2.49. The van der Waals surface area contributed by atoms with Crippen LogP contribution in [-0.4, -0.2) is 45.9 Å². The number of carbonyl (C=O) groups excluding carboxylic acids is 2. The maximum atomic E-state index is 13.9. The Morgan fingerprint density at radius 3 is 2.56 bits per heavy atom. The number of likely N-dealkylation sites (tertiary alicyclic amines) is 1. The second-order valence-corrected chi connectivity index (χ2v) is 10.2. The minimum atomic E-state index is -0.674. The van der Waals surface area contributed by atoms with Gasteiger partial charge in [-0.1, -0.05) is 38.8 Å². The highest BCUT2D eigenvalue weighted by Crippen LogP contribution is 2.26. The van der Waals surface area contributed by atoms with E-state index in [2.05, 4.69) is 4.98 Å². The predicted molar refractivity (Wildman–Crippen MR) is 143 cm³/mol. The number of amides is 2. The van der Waals surface area contributed by atoms with Gasteiger partial charge >= 0.3 is 5.69 Å². The van der Waals surface area contributed by atoms with Crippen LogP contribution in [0.5, 0.6) is 0 Å². The molecule has 9 nitrogen and oxygen atoms in total. The van der Waals surface area contributed by atoms with Gasteiger partial charge in [-0.05, 0) is 55.9 Å². The third kappa shape index (κ3) is 6.37. The van der Waals surface area contributed by atoms with Gasteiger partial charge in [0.1, 0.15) is 5.82 Å². The molecular weight excluding hydrogens is 482 g/mol. The van der Waals surface area contributed by atoms with Gasteiger partial charge < -0.3 is 15.5 Å². The van der Waals surface area contributed by atoms with Gasteiger partial charge in [0.2, 0.25) is 5.91 Å². The summed E-state index contributed by atoms with van der Waals surface area (Å²) in [6.45, 7) is 7.48. The standard InChI is InChI=1S/C26H36ClN5O4/c1-4-5-14-32-22(28)21(23(33)29-26(32)36)31(15-12-17(2)3)25(35)19-7-6-13-30(16-19)24(34)18-8-10-20(27)11-9-18/h8-11,17,19H,4-7,12-16,28H2,1-3H3,(H,29,33,36)/t19-/m0/s1. The molecule has 3 rings (SSSR count). The van der Waals surface area contributed by atoms with E-state index in [4.69, 9.17) is 17.3 Å². The third-order valence-electron chi connectivity index (χ3n) is 6.56. The van der Waals surface area contributed by atoms with Crippen LogP contribution < -0.4 is 21.9 Å². The van der Waals surface area contributed by atoms with Crippen molar-refractivity contribution in [3.63, 3.8) is 0 Å². The molecule has 1 aliphatic heterocycles. The number of halogens is 1. The molecule has 2 amide bonds. The van der Waals surface area contributed by atoms with E-state index in [1.54, 1.807) is 29.2 Å². The number of benzene rings is 1. The molecule has 1 aromatic heterocycles. The Bertz CT molecular complexity index is 1190. The summed E-state index contributed by atoms with van der Waals surface area (Å²) in [5, 5.41) is 0.544. The number of H-pyrrole nitrogens is 1. The highest BCUT2D eigenvalue weighted by atomic mass is 35.5. The molecular formula is C26H36ClN5O4. The number of aromatic amines is 1. The summed E-state index contributed by atoms with van der Waals surface area (Å²) >= 11 is 5.95. The Balaban J connectivity index is 1.92. The lowest BCUT2D eigenvalue weighted by atomic mass is 9.95. The number of nitrogen functional groups attached to an aromatic ring is 1. The van der Waals surface area contributed by atoms with Crippen LogP contribution in [0.1, 0.15) is 63.2 Å². The number of aromatic nitrogens is 2. The number of hydrogen-bond acceptors (Lipinski definition) is 5. The van der Waals surface area contributed by atoms with Crippen LogP contribution in [0.25, 0.3) is 0 Å². The first kappa shape index (κ1) is 27.5. The highest BCUT2D eigenvalue weighted by molar-refractivity contribution is 6.30. The SMILES string of the molecule is CCCCn1c(N)c(N(CCC(C)C)C(=O)[C@H]2CCCN(C(=O)c3ccc(Cl)cc3)C2)c(=O)[nH]c1=O. The Morgan fingerprint density at radius 1 is 1.22 bits per heavy atom. The van der Waals surface area contributed by atoms with Crippen LogP contribution in [0, 0.1) is 11.8 Å². The molecule has 2 aromatic rings. The van der Waals surface area contributed by atoms with Crippen molar-refractivity contribution in [3.8, 4) is 0 Å². The molecule has 0 aliphatic carbocycles. The number of hydrogen-bond donors (Lipinski definition) is 2. The van der Waals surface area contributed by atoms with E-state index < -0.39 is 17.2 Å². The predicted octanol–water partition coefficient (Wildman–Crippen LogP) is 3.50. The maximum absolute atomic E-state index is 13.9. The van der Waals surface area contributed by atoms with Crippen LogP contribution in [0.4, 0.5) is 11.5 Å². The number of unbranched alkanes of at least 4 members (excludes halogenated alkanes) is 1. The van der Waals surface area contributed by atoms with E-state index in [9.17, 15) is 19.2 Å². The first-order valence-electron chi connectivity index (χ1n) is 12.6. The number of piperidine rings is 1. The van der Waals surface area contributed by atoms with Gasteiger partial charge in [0.05, 0.1) is 5.92 Å². The molecule has 0 unspecified atom stereocenters. The molecule has 0 spiro atoms. The largest absolute Gasteiger partial charge is 0.383 e. The smallest absolute Gasteiger partial charge is 0.330 e. The Morgan fingerprint density at radius 2 is 1.92 bits per heavy atom. The fourth-order valence-corrected chi connectivity index (χ4v) is 4.58. The summed E-state index contributed by atoms with van der Waals surface area (Å²) in [6.07, 6.45) is 3.46. The van der Waals surface area contributed by atoms with Crippen molar-refractivity contribution in [2.45, 2.75) is 59.4 Å². The topological polar surface area (TPSA) is 121 Å². The van der Waals surface area contributed by atoms with Gasteiger partial charge in [-0.3, -0.25) is 23.9 Å². The number of rotatable bonds is 9. The van der Waals surface area contributed by atoms with Crippen molar-refractivity contribution >= 4 is 34.9 Å². The fourth-order valence-electron chi connectivity index (χ4n) is 4.45. The van der Waals surface area contributed by atoms with Crippen LogP contribution in [-0.2, 0) is 11.3 Å². The molecule has 0 bridgehead atoms. The molecule has 1 fully saturated rings. The minimum Gasteiger partial charge on any atom is -0.383 e. The quantitative estimate of drug-likeness (QED) is 0.527. The summed E-state index contributed by atoms with van der Waals surface area (Å²) in [7, 11) is 0. The van der Waals surface area contributed by atoms with E-state index in [1.165, 1.54) is 9.47 Å². The summed E-state index contributed by atoms with van der Waals surface area (Å²) in [5.74, 6) is -0.636. The molecule has 1 aromatic carbocycles. The van der Waals surface area contributed by atoms with Gasteiger partial charge in [-0.15, -0.1) is 0 Å². The second-order valence-electron chi connectivity index (χ2n) is 9.77. The monoisotopic (exact) mass is 517 g/mol. The van der Waals surface area contributed by atoms with Gasteiger partial charge in [0.15, 0.2) is 5.69 Å². The molecule has 10 heteroatoms. The number of nitrogens with one attached hydrogen (secondary N) is 1. The number of nitrogens with two attached hydrogens (primary N) is 1. The third-order valence-corrected chi connectivity index (χ3v) is 6.82. The second kappa shape index (κ2) is 12.3. The highest BCUT2D eigenvalue weighted by Gasteiger charge is 2.34. The van der Waals surface area contributed by atoms with E-state index >= 15 is 0 Å². The average Bonchev–Trinajstić information content (AvgIpc) is 2.85. The van der Waals surface area contributed by atoms with Crippen molar-refractivity contribution in [1.82, 2.24) is 14.5 Å². The van der Waals surface area contributed by atoms with E-state index in [1.807, 2.05) is 20.8 Å². The van der Waals surface area contributed by atoms with E-state index in [-0.39, 0.29) is 42.3 Å². The normalized spacial score (nSPS) is 15.8. The molecule has 1 aliphatic rings. The van der Waals surface area contributed by atoms with Gasteiger partial charge in [-0.2, -0.15) is 0 Å². The lowest BCUT2D eigenvalue weighted by molar-refractivity contribution is -0.123. The fraction of sp³-hybridized carbons (Fsp3) is 0.538. The molecule has 1 atom stereocenters. The Kier molecular flexibility index (Phi) is 9.37. The van der Waals surface area contributed by atoms with Crippen LogP contribution in [0.3, 0.4) is 0 Å². The van der Waals surface area contributed by atoms with Crippen molar-refractivity contribution < 1.29 is 9.59 Å². The summed E-state index contributed by atoms with van der Waals surface area (Å²) in [5.41, 5.74) is 5.60. The van der Waals surface area contributed by atoms with Crippen molar-refractivity contribution in [3.05, 3.63) is 55.7 Å². The number of anilines is 2. The van der Waals surface area contributed by atoms with Crippen LogP contribution in [0.2, 0.25) is 5.02 Å². The number of nitrogens with zero attached hydrogens (tertiary/aromatic N) is 3. The summed E-state index contributed by atoms with van der Waals surface area (Å²) in [4.78, 5) is 57.7. The van der Waals surface area contributed by atoms with E-state index in [0.29, 0.717) is 49.4 Å². The molecule has 36 heavy (non-hydrogen) atoms. The van der Waals surface area contributed by atoms with Crippen molar-refractivity contribution in [2.75, 3.05) is 30.3 Å². The van der Waals surface area contributed by atoms with Gasteiger partial charge in [0.25, 0.3) is 11.5 Å². The zero-order valence-corrected chi connectivity index (χ0v) is 22.0. The van der Waals surface area contributed by atoms with E-state index in [0.717, 1.165) is 6.42 Å². The van der Waals surface area contributed by atoms with Gasteiger partial charge in [0, 0.05) is 36.8 Å². The molecule has 3 N–H and O–H groups in total. The lowest BCUT2D eigenvalue weighted by Gasteiger charge is -2.35. The van der Waals surface area contributed by atoms with Crippen LogP contribution >= 0.6 is 11.6 Å². The van der Waals surface area contributed by atoms with Crippen LogP contribution in [0.15, 0.2) is 33.9 Å². The zero-order chi connectivity index (χ0) is 26.4.